The zero-order valence-corrected chi connectivity index (χ0v) is 21.3. The van der Waals surface area contributed by atoms with Gasteiger partial charge in [-0.25, -0.2) is 14.8 Å². The third-order valence-electron chi connectivity index (χ3n) is 7.21. The van der Waals surface area contributed by atoms with Crippen molar-refractivity contribution in [3.8, 4) is 11.5 Å². The molecule has 0 spiro atoms. The zero-order valence-electron chi connectivity index (χ0n) is 20.5. The molecule has 192 valence electrons. The Morgan fingerprint density at radius 2 is 2.03 bits per heavy atom. The predicted molar refractivity (Wildman–Crippen MR) is 138 cm³/mol. The van der Waals surface area contributed by atoms with Crippen LogP contribution >= 0.6 is 11.8 Å². The smallest absolute Gasteiger partial charge is 0.388 e. The maximum absolute atomic E-state index is 13.7. The van der Waals surface area contributed by atoms with Crippen molar-refractivity contribution in [2.45, 2.75) is 43.4 Å². The second-order valence-corrected chi connectivity index (χ2v) is 10.2. The van der Waals surface area contributed by atoms with Crippen molar-refractivity contribution >= 4 is 35.1 Å². The van der Waals surface area contributed by atoms with Crippen LogP contribution in [0.2, 0.25) is 0 Å². The summed E-state index contributed by atoms with van der Waals surface area (Å²) in [5.41, 5.74) is 1.77. The van der Waals surface area contributed by atoms with Gasteiger partial charge in [0.2, 0.25) is 11.8 Å². The Labute approximate surface area is 217 Å². The number of hydrogen-bond acceptors (Lipinski definition) is 9. The summed E-state index contributed by atoms with van der Waals surface area (Å²) < 4.78 is 6.69. The highest BCUT2D eigenvalue weighted by Gasteiger charge is 2.37. The van der Waals surface area contributed by atoms with Crippen LogP contribution < -0.4 is 15.6 Å². The number of hydrogen-bond donors (Lipinski definition) is 0. The summed E-state index contributed by atoms with van der Waals surface area (Å²) in [4.78, 5) is 52.8. The molecule has 0 unspecified atom stereocenters. The molecule has 2 saturated heterocycles. The molecule has 12 heteroatoms. The van der Waals surface area contributed by atoms with Gasteiger partial charge in [0.15, 0.2) is 5.16 Å². The van der Waals surface area contributed by atoms with Gasteiger partial charge >= 0.3 is 5.76 Å². The fourth-order valence-electron chi connectivity index (χ4n) is 5.32. The van der Waals surface area contributed by atoms with Crippen molar-refractivity contribution in [2.75, 3.05) is 42.2 Å². The SMILES string of the molecule is CSc1ncc2c(n1)N1CCC[C@H]1CN(c1cccc(-c3nn(CCN4CCCC4=O)c(=O)o3)c1)C2=O. The number of carbonyl (C=O) groups excluding carboxylic acids is 2. The molecule has 5 heterocycles. The summed E-state index contributed by atoms with van der Waals surface area (Å²) in [6, 6.07) is 7.47. The van der Waals surface area contributed by atoms with Crippen molar-refractivity contribution in [1.29, 1.82) is 0 Å². The van der Waals surface area contributed by atoms with Crippen LogP contribution in [0.4, 0.5) is 11.5 Å². The molecule has 0 radical (unpaired) electrons. The Kier molecular flexibility index (Phi) is 6.19. The Morgan fingerprint density at radius 3 is 2.84 bits per heavy atom. The van der Waals surface area contributed by atoms with Crippen LogP contribution in [0.5, 0.6) is 0 Å². The number of thioether (sulfide) groups is 1. The maximum Gasteiger partial charge on any atom is 0.437 e. The monoisotopic (exact) mass is 521 g/mol. The van der Waals surface area contributed by atoms with Gasteiger partial charge in [0.1, 0.15) is 11.4 Å². The molecular formula is C25H27N7O4S. The van der Waals surface area contributed by atoms with Gasteiger partial charge < -0.3 is 19.1 Å². The summed E-state index contributed by atoms with van der Waals surface area (Å²) in [5, 5.41) is 5.01. The largest absolute Gasteiger partial charge is 0.437 e. The van der Waals surface area contributed by atoms with E-state index in [4.69, 9.17) is 4.42 Å². The highest BCUT2D eigenvalue weighted by molar-refractivity contribution is 7.98. The molecule has 11 nitrogen and oxygen atoms in total. The number of benzene rings is 1. The van der Waals surface area contributed by atoms with Crippen LogP contribution in [0.25, 0.3) is 11.5 Å². The van der Waals surface area contributed by atoms with Crippen LogP contribution in [0.15, 0.2) is 44.8 Å². The third kappa shape index (κ3) is 4.39. The van der Waals surface area contributed by atoms with Gasteiger partial charge in [-0.1, -0.05) is 17.8 Å². The second-order valence-electron chi connectivity index (χ2n) is 9.43. The first-order valence-corrected chi connectivity index (χ1v) is 13.7. The third-order valence-corrected chi connectivity index (χ3v) is 7.77. The van der Waals surface area contributed by atoms with E-state index in [1.807, 2.05) is 24.5 Å². The molecule has 1 aromatic carbocycles. The molecule has 2 fully saturated rings. The number of anilines is 2. The first-order chi connectivity index (χ1) is 18.0. The molecule has 0 N–H and O–H groups in total. The van der Waals surface area contributed by atoms with Gasteiger partial charge in [0.05, 0.1) is 6.54 Å². The topological polar surface area (TPSA) is 118 Å². The number of likely N-dealkylation sites (tertiary alicyclic amines) is 1. The normalized spacial score (nSPS) is 19.4. The lowest BCUT2D eigenvalue weighted by atomic mass is 10.1. The van der Waals surface area contributed by atoms with Crippen LogP contribution in [-0.2, 0) is 11.3 Å². The molecule has 0 saturated carbocycles. The van der Waals surface area contributed by atoms with E-state index in [9.17, 15) is 14.4 Å². The summed E-state index contributed by atoms with van der Waals surface area (Å²) in [6.45, 7) is 2.77. The minimum Gasteiger partial charge on any atom is -0.388 e. The Balaban J connectivity index is 1.29. The molecule has 2 amide bonds. The number of carbonyl (C=O) groups is 2. The lowest BCUT2D eigenvalue weighted by molar-refractivity contribution is -0.127. The molecule has 3 aromatic rings. The van der Waals surface area contributed by atoms with E-state index in [-0.39, 0.29) is 30.3 Å². The quantitative estimate of drug-likeness (QED) is 0.356. The van der Waals surface area contributed by atoms with Crippen LogP contribution in [0.1, 0.15) is 36.0 Å². The minimum atomic E-state index is -0.574. The predicted octanol–water partition coefficient (Wildman–Crippen LogP) is 2.27. The molecule has 3 aliphatic heterocycles. The van der Waals surface area contributed by atoms with Crippen molar-refractivity contribution in [1.82, 2.24) is 24.6 Å². The Morgan fingerprint density at radius 1 is 1.14 bits per heavy atom. The molecule has 37 heavy (non-hydrogen) atoms. The molecule has 0 aliphatic carbocycles. The van der Waals surface area contributed by atoms with Gasteiger partial charge in [0.25, 0.3) is 5.91 Å². The van der Waals surface area contributed by atoms with Crippen molar-refractivity contribution < 1.29 is 14.0 Å². The van der Waals surface area contributed by atoms with E-state index in [2.05, 4.69) is 20.0 Å². The van der Waals surface area contributed by atoms with E-state index < -0.39 is 5.76 Å². The van der Waals surface area contributed by atoms with Crippen molar-refractivity contribution in [3.63, 3.8) is 0 Å². The highest BCUT2D eigenvalue weighted by Crippen LogP contribution is 2.35. The fourth-order valence-corrected chi connectivity index (χ4v) is 5.65. The number of aromatic nitrogens is 4. The van der Waals surface area contributed by atoms with E-state index in [0.717, 1.165) is 25.8 Å². The van der Waals surface area contributed by atoms with Gasteiger partial charge in [-0.05, 0) is 43.7 Å². The molecular weight excluding hydrogens is 494 g/mol. The molecule has 2 aromatic heterocycles. The van der Waals surface area contributed by atoms with Gasteiger partial charge in [0, 0.05) is 56.1 Å². The summed E-state index contributed by atoms with van der Waals surface area (Å²) in [7, 11) is 0. The number of nitrogens with zero attached hydrogens (tertiary/aromatic N) is 7. The van der Waals surface area contributed by atoms with Crippen LogP contribution in [-0.4, -0.2) is 74.9 Å². The Hall–Kier alpha value is -3.67. The standard InChI is InChI=1S/C25H27N7O4S/c1-37-24-26-14-19-21(27-24)30-10-3-7-18(30)15-31(23(19)34)17-6-2-5-16(13-17)22-28-32(25(35)36-22)12-11-29-9-4-8-20(29)33/h2,5-6,13-14,18H,3-4,7-12,15H2,1H3/t18-/m0/s1. The average Bonchev–Trinajstić information content (AvgIpc) is 3.63. The molecule has 1 atom stereocenters. The lowest BCUT2D eigenvalue weighted by Crippen LogP contribution is -2.39. The molecule has 0 bridgehead atoms. The van der Waals surface area contributed by atoms with E-state index in [1.54, 1.807) is 22.1 Å². The number of fused-ring (bicyclic) bond motifs is 3. The van der Waals surface area contributed by atoms with Crippen molar-refractivity contribution in [3.05, 3.63) is 46.6 Å². The van der Waals surface area contributed by atoms with Crippen LogP contribution in [0, 0.1) is 0 Å². The first-order valence-electron chi connectivity index (χ1n) is 12.5. The average molecular weight is 522 g/mol. The minimum absolute atomic E-state index is 0.101. The highest BCUT2D eigenvalue weighted by atomic mass is 32.2. The summed E-state index contributed by atoms with van der Waals surface area (Å²) in [6.07, 6.45) is 6.95. The first kappa shape index (κ1) is 23.7. The fraction of sp³-hybridized carbons (Fsp3) is 0.440. The van der Waals surface area contributed by atoms with Gasteiger partial charge in [-0.3, -0.25) is 9.59 Å². The Bertz CT molecular complexity index is 1420. The number of rotatable bonds is 6. The van der Waals surface area contributed by atoms with Crippen molar-refractivity contribution in [2.24, 2.45) is 0 Å². The zero-order chi connectivity index (χ0) is 25.5. The summed E-state index contributed by atoms with van der Waals surface area (Å²) >= 11 is 1.46. The molecule has 3 aliphatic rings. The summed E-state index contributed by atoms with van der Waals surface area (Å²) in [5.74, 6) is 0.250. The van der Waals surface area contributed by atoms with E-state index >= 15 is 0 Å². The lowest BCUT2D eigenvalue weighted by Gasteiger charge is -2.27. The van der Waals surface area contributed by atoms with E-state index in [1.165, 1.54) is 16.4 Å². The van der Waals surface area contributed by atoms with E-state index in [0.29, 0.717) is 53.8 Å². The van der Waals surface area contributed by atoms with Gasteiger partial charge in [-0.15, -0.1) is 5.10 Å². The molecule has 6 rings (SSSR count). The maximum atomic E-state index is 13.7. The number of amides is 2. The van der Waals surface area contributed by atoms with Gasteiger partial charge in [-0.2, -0.15) is 4.68 Å². The van der Waals surface area contributed by atoms with Crippen LogP contribution in [0.3, 0.4) is 0 Å². The second kappa shape index (κ2) is 9.66.